The van der Waals surface area contributed by atoms with Crippen LogP contribution in [0.4, 0.5) is 0 Å². The average molecular weight is 303 g/mol. The molecule has 1 heterocycles. The highest BCUT2D eigenvalue weighted by atomic mass is 16.2. The third-order valence-corrected chi connectivity index (χ3v) is 3.97. The van der Waals surface area contributed by atoms with Gasteiger partial charge in [-0.3, -0.25) is 14.5 Å². The van der Waals surface area contributed by atoms with Gasteiger partial charge in [-0.1, -0.05) is 44.2 Å². The van der Waals surface area contributed by atoms with E-state index in [4.69, 9.17) is 0 Å². The summed E-state index contributed by atoms with van der Waals surface area (Å²) in [5.41, 5.74) is 1.11. The van der Waals surface area contributed by atoms with Crippen molar-refractivity contribution in [3.05, 3.63) is 35.9 Å². The van der Waals surface area contributed by atoms with Gasteiger partial charge in [0.1, 0.15) is 0 Å². The van der Waals surface area contributed by atoms with Crippen LogP contribution < -0.4 is 5.32 Å². The average Bonchev–Trinajstić information content (AvgIpc) is 2.85. The van der Waals surface area contributed by atoms with Crippen molar-refractivity contribution in [1.29, 1.82) is 0 Å². The van der Waals surface area contributed by atoms with E-state index in [1.165, 1.54) is 0 Å². The summed E-state index contributed by atoms with van der Waals surface area (Å²) in [7, 11) is 0. The summed E-state index contributed by atoms with van der Waals surface area (Å²) in [5.74, 6) is 0.366. The fourth-order valence-corrected chi connectivity index (χ4v) is 2.76. The number of carbonyl (C=O) groups excluding carboxylic acids is 2. The van der Waals surface area contributed by atoms with Gasteiger partial charge in [0.05, 0.1) is 25.8 Å². The van der Waals surface area contributed by atoms with E-state index in [1.807, 2.05) is 42.2 Å². The zero-order chi connectivity index (χ0) is 16.1. The van der Waals surface area contributed by atoms with Crippen molar-refractivity contribution in [3.63, 3.8) is 0 Å². The Morgan fingerprint density at radius 1 is 1.27 bits per heavy atom. The molecule has 5 heteroatoms. The monoisotopic (exact) mass is 303 g/mol. The third-order valence-electron chi connectivity index (χ3n) is 3.97. The molecule has 1 aliphatic heterocycles. The highest BCUT2D eigenvalue weighted by Gasteiger charge is 2.28. The molecule has 1 N–H and O–H groups in total. The summed E-state index contributed by atoms with van der Waals surface area (Å²) in [5, 5.41) is 3.10. The SMILES string of the molecule is CCN1CN(CC(=O)NC(c2ccccc2)C(C)C)CC1=O. The predicted molar refractivity (Wildman–Crippen MR) is 86.0 cm³/mol. The summed E-state index contributed by atoms with van der Waals surface area (Å²) in [6.45, 7) is 7.96. The van der Waals surface area contributed by atoms with Crippen LogP contribution in [0.2, 0.25) is 0 Å². The summed E-state index contributed by atoms with van der Waals surface area (Å²) < 4.78 is 0. The van der Waals surface area contributed by atoms with E-state index < -0.39 is 0 Å². The molecule has 22 heavy (non-hydrogen) atoms. The minimum absolute atomic E-state index is 0.00529. The fourth-order valence-electron chi connectivity index (χ4n) is 2.76. The molecule has 2 rings (SSSR count). The summed E-state index contributed by atoms with van der Waals surface area (Å²) in [4.78, 5) is 27.6. The van der Waals surface area contributed by atoms with Gasteiger partial charge < -0.3 is 10.2 Å². The number of nitrogens with one attached hydrogen (secondary N) is 1. The summed E-state index contributed by atoms with van der Waals surface area (Å²) in [6.07, 6.45) is 0. The molecule has 1 fully saturated rings. The lowest BCUT2D eigenvalue weighted by Gasteiger charge is -2.24. The number of rotatable bonds is 6. The van der Waals surface area contributed by atoms with E-state index in [-0.39, 0.29) is 24.4 Å². The van der Waals surface area contributed by atoms with Crippen LogP contribution in [-0.4, -0.2) is 47.9 Å². The number of hydrogen-bond acceptors (Lipinski definition) is 3. The molecule has 0 radical (unpaired) electrons. The Labute approximate surface area is 132 Å². The van der Waals surface area contributed by atoms with Gasteiger partial charge in [0, 0.05) is 6.54 Å². The minimum Gasteiger partial charge on any atom is -0.348 e. The van der Waals surface area contributed by atoms with Crippen LogP contribution in [-0.2, 0) is 9.59 Å². The Balaban J connectivity index is 1.94. The molecule has 0 saturated carbocycles. The highest BCUT2D eigenvalue weighted by molar-refractivity contribution is 5.83. The molecule has 1 saturated heterocycles. The predicted octanol–water partition coefficient (Wildman–Crippen LogP) is 1.62. The largest absolute Gasteiger partial charge is 0.348 e. The first kappa shape index (κ1) is 16.5. The lowest BCUT2D eigenvalue weighted by Crippen LogP contribution is -2.40. The zero-order valence-electron chi connectivity index (χ0n) is 13.6. The third kappa shape index (κ3) is 4.07. The molecule has 1 aliphatic rings. The molecule has 5 nitrogen and oxygen atoms in total. The second-order valence-electron chi connectivity index (χ2n) is 6.08. The van der Waals surface area contributed by atoms with Crippen LogP contribution in [0, 0.1) is 5.92 Å². The molecule has 1 aromatic carbocycles. The maximum absolute atomic E-state index is 12.3. The second kappa shape index (κ2) is 7.40. The number of nitrogens with zero attached hydrogens (tertiary/aromatic N) is 2. The molecule has 120 valence electrons. The minimum atomic E-state index is -0.0340. The topological polar surface area (TPSA) is 52.6 Å². The van der Waals surface area contributed by atoms with Crippen molar-refractivity contribution in [2.24, 2.45) is 5.92 Å². The van der Waals surface area contributed by atoms with Gasteiger partial charge >= 0.3 is 0 Å². The first-order chi connectivity index (χ1) is 10.5. The lowest BCUT2D eigenvalue weighted by atomic mass is 9.96. The van der Waals surface area contributed by atoms with Crippen LogP contribution in [0.1, 0.15) is 32.4 Å². The van der Waals surface area contributed by atoms with Crippen LogP contribution in [0.15, 0.2) is 30.3 Å². The number of hydrogen-bond donors (Lipinski definition) is 1. The number of benzene rings is 1. The Bertz CT molecular complexity index is 516. The van der Waals surface area contributed by atoms with Gasteiger partial charge in [0.25, 0.3) is 0 Å². The van der Waals surface area contributed by atoms with Crippen molar-refractivity contribution in [1.82, 2.24) is 15.1 Å². The first-order valence-electron chi connectivity index (χ1n) is 7.85. The van der Waals surface area contributed by atoms with E-state index in [1.54, 1.807) is 4.90 Å². The van der Waals surface area contributed by atoms with Gasteiger partial charge in [0.2, 0.25) is 11.8 Å². The van der Waals surface area contributed by atoms with Gasteiger partial charge in [-0.05, 0) is 18.4 Å². The van der Waals surface area contributed by atoms with Crippen LogP contribution in [0.3, 0.4) is 0 Å². The molecular formula is C17H25N3O2. The molecule has 0 bridgehead atoms. The van der Waals surface area contributed by atoms with Gasteiger partial charge in [-0.25, -0.2) is 0 Å². The van der Waals surface area contributed by atoms with Crippen LogP contribution >= 0.6 is 0 Å². The van der Waals surface area contributed by atoms with Crippen molar-refractivity contribution >= 4 is 11.8 Å². The van der Waals surface area contributed by atoms with Crippen LogP contribution in [0.5, 0.6) is 0 Å². The molecule has 1 aromatic rings. The van der Waals surface area contributed by atoms with Gasteiger partial charge in [-0.2, -0.15) is 0 Å². The number of carbonyl (C=O) groups is 2. The number of amides is 2. The quantitative estimate of drug-likeness (QED) is 0.869. The van der Waals surface area contributed by atoms with Gasteiger partial charge in [-0.15, -0.1) is 0 Å². The van der Waals surface area contributed by atoms with Gasteiger partial charge in [0.15, 0.2) is 0 Å². The lowest BCUT2D eigenvalue weighted by molar-refractivity contribution is -0.126. The fraction of sp³-hybridized carbons (Fsp3) is 0.529. The van der Waals surface area contributed by atoms with Crippen LogP contribution in [0.25, 0.3) is 0 Å². The Morgan fingerprint density at radius 3 is 2.50 bits per heavy atom. The normalized spacial score (nSPS) is 17.1. The van der Waals surface area contributed by atoms with Crippen molar-refractivity contribution in [3.8, 4) is 0 Å². The molecule has 2 amide bonds. The van der Waals surface area contributed by atoms with E-state index in [2.05, 4.69) is 19.2 Å². The Hall–Kier alpha value is -1.88. The molecule has 0 spiro atoms. The molecule has 1 unspecified atom stereocenters. The Kier molecular flexibility index (Phi) is 5.55. The zero-order valence-corrected chi connectivity index (χ0v) is 13.6. The van der Waals surface area contributed by atoms with Crippen molar-refractivity contribution in [2.45, 2.75) is 26.8 Å². The Morgan fingerprint density at radius 2 is 1.95 bits per heavy atom. The maximum atomic E-state index is 12.3. The molecular weight excluding hydrogens is 278 g/mol. The molecule has 0 aliphatic carbocycles. The molecule has 0 aromatic heterocycles. The maximum Gasteiger partial charge on any atom is 0.237 e. The number of likely N-dealkylation sites (N-methyl/N-ethyl adjacent to an activating group) is 1. The van der Waals surface area contributed by atoms with Crippen molar-refractivity contribution < 1.29 is 9.59 Å². The highest BCUT2D eigenvalue weighted by Crippen LogP contribution is 2.21. The van der Waals surface area contributed by atoms with E-state index >= 15 is 0 Å². The summed E-state index contributed by atoms with van der Waals surface area (Å²) >= 11 is 0. The smallest absolute Gasteiger partial charge is 0.237 e. The first-order valence-corrected chi connectivity index (χ1v) is 7.85. The second-order valence-corrected chi connectivity index (χ2v) is 6.08. The standard InChI is InChI=1S/C17H25N3O2/c1-4-20-12-19(11-16(20)22)10-15(21)18-17(13(2)3)14-8-6-5-7-9-14/h5-9,13,17H,4,10-12H2,1-3H3,(H,18,21). The van der Waals surface area contributed by atoms with E-state index in [0.29, 0.717) is 25.7 Å². The van der Waals surface area contributed by atoms with E-state index in [9.17, 15) is 9.59 Å². The van der Waals surface area contributed by atoms with E-state index in [0.717, 1.165) is 5.56 Å². The summed E-state index contributed by atoms with van der Waals surface area (Å²) in [6, 6.07) is 9.99. The van der Waals surface area contributed by atoms with Crippen molar-refractivity contribution in [2.75, 3.05) is 26.3 Å². The molecule has 1 atom stereocenters.